The molecule has 1 amide bonds. The summed E-state index contributed by atoms with van der Waals surface area (Å²) in [4.78, 5) is 13.3. The van der Waals surface area contributed by atoms with Crippen molar-refractivity contribution in [2.24, 2.45) is 0 Å². The third-order valence-corrected chi connectivity index (χ3v) is 5.04. The van der Waals surface area contributed by atoms with E-state index in [0.29, 0.717) is 10.8 Å². The van der Waals surface area contributed by atoms with Gasteiger partial charge in [-0.15, -0.1) is 11.8 Å². The molecule has 3 rings (SSSR count). The molecular formula is C19H16ClNOS. The smallest absolute Gasteiger partial charge is 0.234 e. The Labute approximate surface area is 144 Å². The number of hydrogen-bond acceptors (Lipinski definition) is 2. The molecule has 0 bridgehead atoms. The van der Waals surface area contributed by atoms with Crippen molar-refractivity contribution in [2.75, 3.05) is 11.1 Å². The van der Waals surface area contributed by atoms with E-state index in [4.69, 9.17) is 11.6 Å². The maximum atomic E-state index is 12.1. The predicted octanol–water partition coefficient (Wildman–Crippen LogP) is 5.53. The summed E-state index contributed by atoms with van der Waals surface area (Å²) in [5.74, 6) is 0.322. The Morgan fingerprint density at radius 1 is 1.09 bits per heavy atom. The molecular weight excluding hydrogens is 326 g/mol. The molecule has 3 aromatic rings. The van der Waals surface area contributed by atoms with Gasteiger partial charge in [-0.1, -0.05) is 54.1 Å². The van der Waals surface area contributed by atoms with Gasteiger partial charge in [0.1, 0.15) is 0 Å². The quantitative estimate of drug-likeness (QED) is 0.632. The van der Waals surface area contributed by atoms with Crippen LogP contribution in [0.1, 0.15) is 5.56 Å². The summed E-state index contributed by atoms with van der Waals surface area (Å²) in [7, 11) is 0. The molecule has 0 saturated carbocycles. The summed E-state index contributed by atoms with van der Waals surface area (Å²) in [6, 6.07) is 19.9. The van der Waals surface area contributed by atoms with Crippen molar-refractivity contribution in [3.8, 4) is 0 Å². The largest absolute Gasteiger partial charge is 0.325 e. The van der Waals surface area contributed by atoms with Gasteiger partial charge < -0.3 is 5.32 Å². The van der Waals surface area contributed by atoms with Crippen molar-refractivity contribution in [2.45, 2.75) is 11.8 Å². The lowest BCUT2D eigenvalue weighted by atomic mass is 10.1. The van der Waals surface area contributed by atoms with Gasteiger partial charge in [-0.25, -0.2) is 0 Å². The average Bonchev–Trinajstić information content (AvgIpc) is 2.56. The van der Waals surface area contributed by atoms with Crippen molar-refractivity contribution in [1.82, 2.24) is 0 Å². The predicted molar refractivity (Wildman–Crippen MR) is 99.5 cm³/mol. The van der Waals surface area contributed by atoms with Gasteiger partial charge >= 0.3 is 0 Å². The summed E-state index contributed by atoms with van der Waals surface area (Å²) in [6.45, 7) is 1.93. The molecule has 0 aliphatic rings. The van der Waals surface area contributed by atoms with E-state index in [0.717, 1.165) is 16.1 Å². The molecule has 3 aromatic carbocycles. The van der Waals surface area contributed by atoms with Crippen LogP contribution in [-0.2, 0) is 4.79 Å². The van der Waals surface area contributed by atoms with E-state index in [2.05, 4.69) is 23.5 Å². The highest BCUT2D eigenvalue weighted by Gasteiger charge is 2.07. The minimum atomic E-state index is -0.0390. The van der Waals surface area contributed by atoms with E-state index < -0.39 is 0 Å². The molecule has 0 radical (unpaired) electrons. The van der Waals surface area contributed by atoms with E-state index >= 15 is 0 Å². The number of anilines is 1. The zero-order chi connectivity index (χ0) is 16.2. The molecule has 0 unspecified atom stereocenters. The zero-order valence-corrected chi connectivity index (χ0v) is 14.2. The van der Waals surface area contributed by atoms with Crippen LogP contribution >= 0.6 is 23.4 Å². The van der Waals surface area contributed by atoms with Crippen molar-refractivity contribution in [1.29, 1.82) is 0 Å². The van der Waals surface area contributed by atoms with Crippen LogP contribution in [0.5, 0.6) is 0 Å². The molecule has 4 heteroatoms. The molecule has 0 heterocycles. The van der Waals surface area contributed by atoms with E-state index in [1.54, 1.807) is 6.07 Å². The molecule has 0 saturated heterocycles. The van der Waals surface area contributed by atoms with Gasteiger partial charge in [0, 0.05) is 15.6 Å². The van der Waals surface area contributed by atoms with Crippen LogP contribution in [0.25, 0.3) is 10.8 Å². The number of halogens is 1. The van der Waals surface area contributed by atoms with Gasteiger partial charge in [0.25, 0.3) is 0 Å². The van der Waals surface area contributed by atoms with Gasteiger partial charge in [-0.3, -0.25) is 4.79 Å². The first-order valence-corrected chi connectivity index (χ1v) is 8.66. The lowest BCUT2D eigenvalue weighted by Crippen LogP contribution is -2.14. The van der Waals surface area contributed by atoms with Crippen LogP contribution in [0.15, 0.2) is 65.6 Å². The third-order valence-electron chi connectivity index (χ3n) is 3.56. The van der Waals surface area contributed by atoms with Crippen LogP contribution < -0.4 is 5.32 Å². The highest BCUT2D eigenvalue weighted by Crippen LogP contribution is 2.28. The Morgan fingerprint density at radius 2 is 1.87 bits per heavy atom. The second-order valence-electron chi connectivity index (χ2n) is 5.28. The Balaban J connectivity index is 1.67. The number of nitrogens with one attached hydrogen (secondary N) is 1. The summed E-state index contributed by atoms with van der Waals surface area (Å²) in [5, 5.41) is 5.90. The third kappa shape index (κ3) is 3.87. The summed E-state index contributed by atoms with van der Waals surface area (Å²) in [5.41, 5.74) is 1.72. The number of carbonyl (C=O) groups excluding carboxylic acids is 1. The monoisotopic (exact) mass is 341 g/mol. The van der Waals surface area contributed by atoms with Gasteiger partial charge in [0.2, 0.25) is 5.91 Å². The molecule has 0 atom stereocenters. The maximum absolute atomic E-state index is 12.1. The number of fused-ring (bicyclic) bond motifs is 1. The second-order valence-corrected chi connectivity index (χ2v) is 6.70. The topological polar surface area (TPSA) is 29.1 Å². The fraction of sp³-hybridized carbons (Fsp3) is 0.105. The van der Waals surface area contributed by atoms with E-state index in [1.165, 1.54) is 22.5 Å². The van der Waals surface area contributed by atoms with Crippen molar-refractivity contribution < 1.29 is 4.79 Å². The fourth-order valence-corrected chi connectivity index (χ4v) is 3.39. The first-order chi connectivity index (χ1) is 11.1. The van der Waals surface area contributed by atoms with Crippen molar-refractivity contribution in [3.63, 3.8) is 0 Å². The van der Waals surface area contributed by atoms with E-state index in [-0.39, 0.29) is 5.91 Å². The number of amides is 1. The molecule has 23 heavy (non-hydrogen) atoms. The minimum Gasteiger partial charge on any atom is -0.325 e. The lowest BCUT2D eigenvalue weighted by molar-refractivity contribution is -0.113. The molecule has 2 nitrogen and oxygen atoms in total. The van der Waals surface area contributed by atoms with Crippen molar-refractivity contribution >= 4 is 45.7 Å². The summed E-state index contributed by atoms with van der Waals surface area (Å²) >= 11 is 7.62. The first-order valence-electron chi connectivity index (χ1n) is 7.30. The number of aryl methyl sites for hydroxylation is 1. The minimum absolute atomic E-state index is 0.0390. The van der Waals surface area contributed by atoms with Crippen LogP contribution in [-0.4, -0.2) is 11.7 Å². The number of carbonyl (C=O) groups is 1. The summed E-state index contributed by atoms with van der Waals surface area (Å²) < 4.78 is 0. The van der Waals surface area contributed by atoms with Gasteiger partial charge in [0.05, 0.1) is 5.75 Å². The molecule has 0 fully saturated rings. The van der Waals surface area contributed by atoms with Crippen LogP contribution in [0.3, 0.4) is 0 Å². The van der Waals surface area contributed by atoms with Gasteiger partial charge in [0.15, 0.2) is 0 Å². The number of hydrogen-bond donors (Lipinski definition) is 1. The first kappa shape index (κ1) is 15.9. The highest BCUT2D eigenvalue weighted by molar-refractivity contribution is 8.00. The Kier molecular flexibility index (Phi) is 4.89. The molecule has 0 spiro atoms. The molecule has 0 aliphatic carbocycles. The Morgan fingerprint density at radius 3 is 2.70 bits per heavy atom. The average molecular weight is 342 g/mol. The highest BCUT2D eigenvalue weighted by atomic mass is 35.5. The van der Waals surface area contributed by atoms with E-state index in [9.17, 15) is 4.79 Å². The van der Waals surface area contributed by atoms with Crippen LogP contribution in [0, 0.1) is 6.92 Å². The second kappa shape index (κ2) is 7.07. The molecule has 1 N–H and O–H groups in total. The van der Waals surface area contributed by atoms with E-state index in [1.807, 2.05) is 43.3 Å². The lowest BCUT2D eigenvalue weighted by Gasteiger charge is -2.08. The Bertz CT molecular complexity index is 858. The zero-order valence-electron chi connectivity index (χ0n) is 12.7. The van der Waals surface area contributed by atoms with Crippen LogP contribution in [0.4, 0.5) is 5.69 Å². The van der Waals surface area contributed by atoms with Crippen LogP contribution in [0.2, 0.25) is 5.02 Å². The fourth-order valence-electron chi connectivity index (χ4n) is 2.33. The Hall–Kier alpha value is -1.97. The van der Waals surface area contributed by atoms with Crippen molar-refractivity contribution in [3.05, 3.63) is 71.2 Å². The normalized spacial score (nSPS) is 10.7. The standard InChI is InChI=1S/C19H16ClNOS/c1-13-9-10-15(11-17(13)20)21-19(22)12-23-18-8-4-6-14-5-2-3-7-16(14)18/h2-11H,12H2,1H3,(H,21,22). The summed E-state index contributed by atoms with van der Waals surface area (Å²) in [6.07, 6.45) is 0. The number of thioether (sulfide) groups is 1. The maximum Gasteiger partial charge on any atom is 0.234 e. The van der Waals surface area contributed by atoms with Gasteiger partial charge in [-0.05, 0) is 41.5 Å². The molecule has 0 aromatic heterocycles. The SMILES string of the molecule is Cc1ccc(NC(=O)CSc2cccc3ccccc23)cc1Cl. The van der Waals surface area contributed by atoms with Gasteiger partial charge in [-0.2, -0.15) is 0 Å². The molecule has 0 aliphatic heterocycles. The molecule has 116 valence electrons. The number of benzene rings is 3. The number of rotatable bonds is 4.